The van der Waals surface area contributed by atoms with E-state index in [4.69, 9.17) is 9.47 Å². The summed E-state index contributed by atoms with van der Waals surface area (Å²) >= 11 is 0. The Labute approximate surface area is 103 Å². The number of nitrogens with one attached hydrogen (secondary N) is 1. The molecule has 17 heavy (non-hydrogen) atoms. The Hall–Kier alpha value is -1.06. The van der Waals surface area contributed by atoms with E-state index >= 15 is 0 Å². The van der Waals surface area contributed by atoms with Gasteiger partial charge in [0.15, 0.2) is 0 Å². The zero-order chi connectivity index (χ0) is 12.1. The Morgan fingerprint density at radius 3 is 2.35 bits per heavy atom. The summed E-state index contributed by atoms with van der Waals surface area (Å²) in [5, 5.41) is 3.47. The standard InChI is InChI=1S/C14H21NO2/c1-16-13-6-4-12(5-7-13)10-15-11-14(17-2)8-3-9-14/h4-7,15H,3,8-11H2,1-2H3. The predicted molar refractivity (Wildman–Crippen MR) is 68.3 cm³/mol. The molecule has 0 amide bonds. The van der Waals surface area contributed by atoms with Crippen molar-refractivity contribution in [3.63, 3.8) is 0 Å². The molecule has 1 aromatic rings. The first kappa shape index (κ1) is 12.4. The average molecular weight is 235 g/mol. The molecule has 0 saturated heterocycles. The summed E-state index contributed by atoms with van der Waals surface area (Å²) in [6.45, 7) is 1.82. The third kappa shape index (κ3) is 2.99. The average Bonchev–Trinajstić information content (AvgIpc) is 2.33. The quantitative estimate of drug-likeness (QED) is 0.821. The van der Waals surface area contributed by atoms with E-state index in [1.165, 1.54) is 24.8 Å². The summed E-state index contributed by atoms with van der Waals surface area (Å²) in [6.07, 6.45) is 3.65. The molecule has 1 aromatic carbocycles. The van der Waals surface area contributed by atoms with Gasteiger partial charge >= 0.3 is 0 Å². The van der Waals surface area contributed by atoms with Crippen LogP contribution in [-0.2, 0) is 11.3 Å². The van der Waals surface area contributed by atoms with Gasteiger partial charge in [-0.05, 0) is 37.0 Å². The van der Waals surface area contributed by atoms with E-state index in [1.807, 2.05) is 19.2 Å². The van der Waals surface area contributed by atoms with E-state index < -0.39 is 0 Å². The summed E-state index contributed by atoms with van der Waals surface area (Å²) in [5.74, 6) is 0.904. The van der Waals surface area contributed by atoms with E-state index in [0.29, 0.717) is 0 Å². The van der Waals surface area contributed by atoms with Gasteiger partial charge in [0.05, 0.1) is 12.7 Å². The first-order chi connectivity index (χ1) is 8.28. The van der Waals surface area contributed by atoms with E-state index in [2.05, 4.69) is 17.4 Å². The molecule has 1 fully saturated rings. The smallest absolute Gasteiger partial charge is 0.118 e. The van der Waals surface area contributed by atoms with Crippen LogP contribution < -0.4 is 10.1 Å². The molecule has 3 heteroatoms. The van der Waals surface area contributed by atoms with Gasteiger partial charge in [0.1, 0.15) is 5.75 Å². The zero-order valence-corrected chi connectivity index (χ0v) is 10.7. The Morgan fingerprint density at radius 2 is 1.88 bits per heavy atom. The summed E-state index contributed by atoms with van der Waals surface area (Å²) in [6, 6.07) is 8.16. The Kier molecular flexibility index (Phi) is 4.02. The van der Waals surface area contributed by atoms with E-state index in [-0.39, 0.29) is 5.60 Å². The topological polar surface area (TPSA) is 30.5 Å². The maximum Gasteiger partial charge on any atom is 0.118 e. The minimum absolute atomic E-state index is 0.104. The molecule has 0 unspecified atom stereocenters. The number of ether oxygens (including phenoxy) is 2. The molecule has 0 bridgehead atoms. The molecule has 0 spiro atoms. The molecule has 0 atom stereocenters. The van der Waals surface area contributed by atoms with Crippen molar-refractivity contribution >= 4 is 0 Å². The van der Waals surface area contributed by atoms with Crippen LogP contribution in [0, 0.1) is 0 Å². The molecule has 1 aliphatic rings. The lowest BCUT2D eigenvalue weighted by molar-refractivity contribution is -0.0695. The van der Waals surface area contributed by atoms with Gasteiger partial charge in [0, 0.05) is 20.2 Å². The van der Waals surface area contributed by atoms with Crippen LogP contribution in [0.15, 0.2) is 24.3 Å². The molecule has 0 heterocycles. The van der Waals surface area contributed by atoms with Crippen molar-refractivity contribution in [2.24, 2.45) is 0 Å². The van der Waals surface area contributed by atoms with E-state index in [1.54, 1.807) is 7.11 Å². The fourth-order valence-corrected chi connectivity index (χ4v) is 2.20. The molecule has 94 valence electrons. The highest BCUT2D eigenvalue weighted by Gasteiger charge is 2.36. The van der Waals surface area contributed by atoms with E-state index in [0.717, 1.165) is 18.8 Å². The summed E-state index contributed by atoms with van der Waals surface area (Å²) in [4.78, 5) is 0. The molecule has 3 nitrogen and oxygen atoms in total. The first-order valence-electron chi connectivity index (χ1n) is 6.17. The lowest BCUT2D eigenvalue weighted by Crippen LogP contribution is -2.47. The van der Waals surface area contributed by atoms with Crippen molar-refractivity contribution in [3.05, 3.63) is 29.8 Å². The molecule has 1 aliphatic carbocycles. The maximum atomic E-state index is 5.57. The highest BCUT2D eigenvalue weighted by molar-refractivity contribution is 5.27. The summed E-state index contributed by atoms with van der Waals surface area (Å²) in [5.41, 5.74) is 1.38. The second-order valence-corrected chi connectivity index (χ2v) is 4.69. The monoisotopic (exact) mass is 235 g/mol. The normalized spacial score (nSPS) is 17.5. The number of methoxy groups -OCH3 is 2. The van der Waals surface area contributed by atoms with Gasteiger partial charge in [-0.3, -0.25) is 0 Å². The Morgan fingerprint density at radius 1 is 1.18 bits per heavy atom. The van der Waals surface area contributed by atoms with Crippen LogP contribution >= 0.6 is 0 Å². The molecule has 1 N–H and O–H groups in total. The predicted octanol–water partition coefficient (Wildman–Crippen LogP) is 2.35. The molecular formula is C14H21NO2. The minimum Gasteiger partial charge on any atom is -0.497 e. The van der Waals surface area contributed by atoms with Gasteiger partial charge < -0.3 is 14.8 Å². The van der Waals surface area contributed by atoms with Gasteiger partial charge in [-0.15, -0.1) is 0 Å². The minimum atomic E-state index is 0.104. The Balaban J connectivity index is 1.77. The van der Waals surface area contributed by atoms with Crippen LogP contribution in [0.4, 0.5) is 0 Å². The van der Waals surface area contributed by atoms with Crippen LogP contribution in [0.1, 0.15) is 24.8 Å². The fourth-order valence-electron chi connectivity index (χ4n) is 2.20. The molecule has 0 aromatic heterocycles. The molecule has 0 radical (unpaired) electrons. The van der Waals surface area contributed by atoms with Gasteiger partial charge in [0.2, 0.25) is 0 Å². The van der Waals surface area contributed by atoms with Crippen molar-refractivity contribution in [1.82, 2.24) is 5.32 Å². The number of rotatable bonds is 6. The van der Waals surface area contributed by atoms with Crippen LogP contribution in [0.2, 0.25) is 0 Å². The van der Waals surface area contributed by atoms with Crippen LogP contribution in [0.25, 0.3) is 0 Å². The highest BCUT2D eigenvalue weighted by atomic mass is 16.5. The van der Waals surface area contributed by atoms with Crippen molar-refractivity contribution in [1.29, 1.82) is 0 Å². The zero-order valence-electron chi connectivity index (χ0n) is 10.7. The largest absolute Gasteiger partial charge is 0.497 e. The van der Waals surface area contributed by atoms with Gasteiger partial charge in [-0.2, -0.15) is 0 Å². The number of hydrogen-bond acceptors (Lipinski definition) is 3. The van der Waals surface area contributed by atoms with Crippen LogP contribution in [-0.4, -0.2) is 26.4 Å². The van der Waals surface area contributed by atoms with Gasteiger partial charge in [-0.1, -0.05) is 12.1 Å². The highest BCUT2D eigenvalue weighted by Crippen LogP contribution is 2.34. The van der Waals surface area contributed by atoms with Crippen LogP contribution in [0.3, 0.4) is 0 Å². The van der Waals surface area contributed by atoms with Crippen molar-refractivity contribution < 1.29 is 9.47 Å². The van der Waals surface area contributed by atoms with Crippen molar-refractivity contribution in [2.75, 3.05) is 20.8 Å². The van der Waals surface area contributed by atoms with Gasteiger partial charge in [0.25, 0.3) is 0 Å². The number of hydrogen-bond donors (Lipinski definition) is 1. The first-order valence-corrected chi connectivity index (χ1v) is 6.17. The van der Waals surface area contributed by atoms with Crippen LogP contribution in [0.5, 0.6) is 5.75 Å². The van der Waals surface area contributed by atoms with Crippen molar-refractivity contribution in [3.8, 4) is 5.75 Å². The maximum absolute atomic E-state index is 5.57. The fraction of sp³-hybridized carbons (Fsp3) is 0.571. The molecular weight excluding hydrogens is 214 g/mol. The lowest BCUT2D eigenvalue weighted by Gasteiger charge is -2.40. The SMILES string of the molecule is COc1ccc(CNCC2(OC)CCC2)cc1. The molecule has 2 rings (SSSR count). The summed E-state index contributed by atoms with van der Waals surface area (Å²) < 4.78 is 10.7. The van der Waals surface area contributed by atoms with Crippen molar-refractivity contribution in [2.45, 2.75) is 31.4 Å². The molecule has 0 aliphatic heterocycles. The Bertz CT molecular complexity index is 338. The van der Waals surface area contributed by atoms with Gasteiger partial charge in [-0.25, -0.2) is 0 Å². The summed E-state index contributed by atoms with van der Waals surface area (Å²) in [7, 11) is 3.50. The second kappa shape index (κ2) is 5.52. The lowest BCUT2D eigenvalue weighted by atomic mass is 9.80. The third-order valence-corrected chi connectivity index (χ3v) is 3.63. The second-order valence-electron chi connectivity index (χ2n) is 4.69. The van der Waals surface area contributed by atoms with E-state index in [9.17, 15) is 0 Å². The molecule has 1 saturated carbocycles. The third-order valence-electron chi connectivity index (χ3n) is 3.63. The number of benzene rings is 1.